The summed E-state index contributed by atoms with van der Waals surface area (Å²) in [6.07, 6.45) is 5.19. The number of amides is 2. The molecule has 5 nitrogen and oxygen atoms in total. The Hall–Kier alpha value is -1.10. The Morgan fingerprint density at radius 1 is 1.33 bits per heavy atom. The summed E-state index contributed by atoms with van der Waals surface area (Å²) in [5.41, 5.74) is -0.191. The van der Waals surface area contributed by atoms with Crippen molar-refractivity contribution in [3.63, 3.8) is 0 Å². The Labute approximate surface area is 127 Å². The fourth-order valence-electron chi connectivity index (χ4n) is 3.60. The van der Waals surface area contributed by atoms with Crippen LogP contribution in [0.15, 0.2) is 0 Å². The summed E-state index contributed by atoms with van der Waals surface area (Å²) in [6, 6.07) is 0.0623. The van der Waals surface area contributed by atoms with E-state index in [0.717, 1.165) is 38.6 Å². The molecule has 2 amide bonds. The lowest BCUT2D eigenvalue weighted by Gasteiger charge is -2.35. The second-order valence-electron chi connectivity index (χ2n) is 6.80. The van der Waals surface area contributed by atoms with Gasteiger partial charge < -0.3 is 15.3 Å². The van der Waals surface area contributed by atoms with Crippen LogP contribution < -0.4 is 5.32 Å². The zero-order chi connectivity index (χ0) is 15.5. The first-order valence-electron chi connectivity index (χ1n) is 8.19. The molecule has 0 spiro atoms. The Balaban J connectivity index is 1.92. The molecule has 0 aromatic carbocycles. The summed E-state index contributed by atoms with van der Waals surface area (Å²) < 4.78 is 0. The highest BCUT2D eigenvalue weighted by molar-refractivity contribution is 5.81. The molecule has 2 fully saturated rings. The van der Waals surface area contributed by atoms with E-state index in [9.17, 15) is 14.7 Å². The zero-order valence-corrected chi connectivity index (χ0v) is 13.2. The van der Waals surface area contributed by atoms with Crippen LogP contribution in [0, 0.1) is 11.3 Å². The molecule has 1 aliphatic carbocycles. The van der Waals surface area contributed by atoms with Crippen LogP contribution in [0.3, 0.4) is 0 Å². The van der Waals surface area contributed by atoms with Crippen LogP contribution in [0.2, 0.25) is 0 Å². The lowest BCUT2D eigenvalue weighted by atomic mass is 9.85. The number of aliphatic hydroxyl groups excluding tert-OH is 1. The van der Waals surface area contributed by atoms with Crippen LogP contribution in [-0.2, 0) is 9.59 Å². The van der Waals surface area contributed by atoms with Crippen molar-refractivity contribution >= 4 is 11.8 Å². The number of nitrogens with one attached hydrogen (secondary N) is 1. The SMILES string of the molecule is CCC(=O)N1CCCC(C(=O)NC2CCCC2(C)CO)C1. The number of piperidine rings is 1. The maximum Gasteiger partial charge on any atom is 0.225 e. The van der Waals surface area contributed by atoms with Gasteiger partial charge >= 0.3 is 0 Å². The predicted octanol–water partition coefficient (Wildman–Crippen LogP) is 1.30. The van der Waals surface area contributed by atoms with E-state index < -0.39 is 0 Å². The minimum absolute atomic E-state index is 0.0511. The molecule has 120 valence electrons. The number of rotatable bonds is 4. The fraction of sp³-hybridized carbons (Fsp3) is 0.875. The standard InChI is InChI=1S/C16H28N2O3/c1-3-14(20)18-9-5-6-12(10-18)15(21)17-13-7-4-8-16(13,2)11-19/h12-13,19H,3-11H2,1-2H3,(H,17,21). The first-order valence-corrected chi connectivity index (χ1v) is 8.19. The zero-order valence-electron chi connectivity index (χ0n) is 13.2. The molecule has 1 heterocycles. The number of carbonyl (C=O) groups excluding carboxylic acids is 2. The normalized spacial score (nSPS) is 33.0. The van der Waals surface area contributed by atoms with Crippen molar-refractivity contribution < 1.29 is 14.7 Å². The summed E-state index contributed by atoms with van der Waals surface area (Å²) in [5.74, 6) is 0.0848. The van der Waals surface area contributed by atoms with Crippen molar-refractivity contribution in [3.05, 3.63) is 0 Å². The van der Waals surface area contributed by atoms with Crippen LogP contribution in [0.1, 0.15) is 52.4 Å². The van der Waals surface area contributed by atoms with E-state index >= 15 is 0 Å². The van der Waals surface area contributed by atoms with Crippen molar-refractivity contribution in [2.45, 2.75) is 58.4 Å². The fourth-order valence-corrected chi connectivity index (χ4v) is 3.60. The van der Waals surface area contributed by atoms with Crippen LogP contribution in [-0.4, -0.2) is 47.6 Å². The Kier molecular flexibility index (Phi) is 5.25. The minimum Gasteiger partial charge on any atom is -0.396 e. The Bertz CT molecular complexity index is 399. The van der Waals surface area contributed by atoms with Crippen molar-refractivity contribution in [2.75, 3.05) is 19.7 Å². The number of carbonyl (C=O) groups is 2. The average molecular weight is 296 g/mol. The summed E-state index contributed by atoms with van der Waals surface area (Å²) in [7, 11) is 0. The van der Waals surface area contributed by atoms with Crippen molar-refractivity contribution in [1.82, 2.24) is 10.2 Å². The third-order valence-corrected chi connectivity index (χ3v) is 5.21. The lowest BCUT2D eigenvalue weighted by Crippen LogP contribution is -2.50. The van der Waals surface area contributed by atoms with Gasteiger partial charge in [-0.05, 0) is 25.7 Å². The number of hydrogen-bond donors (Lipinski definition) is 2. The summed E-state index contributed by atoms with van der Waals surface area (Å²) >= 11 is 0. The van der Waals surface area contributed by atoms with Gasteiger partial charge in [-0.1, -0.05) is 20.3 Å². The van der Waals surface area contributed by atoms with Crippen LogP contribution in [0.25, 0.3) is 0 Å². The van der Waals surface area contributed by atoms with Gasteiger partial charge in [-0.2, -0.15) is 0 Å². The maximum atomic E-state index is 12.5. The smallest absolute Gasteiger partial charge is 0.225 e. The van der Waals surface area contributed by atoms with E-state index in [2.05, 4.69) is 5.32 Å². The van der Waals surface area contributed by atoms with E-state index in [1.54, 1.807) is 0 Å². The summed E-state index contributed by atoms with van der Waals surface area (Å²) in [5, 5.41) is 12.7. The highest BCUT2D eigenvalue weighted by Crippen LogP contribution is 2.37. The molecule has 0 bridgehead atoms. The third-order valence-electron chi connectivity index (χ3n) is 5.21. The number of aliphatic hydroxyl groups is 1. The summed E-state index contributed by atoms with van der Waals surface area (Å²) in [6.45, 7) is 5.33. The number of likely N-dealkylation sites (tertiary alicyclic amines) is 1. The predicted molar refractivity (Wildman–Crippen MR) is 80.6 cm³/mol. The molecule has 21 heavy (non-hydrogen) atoms. The number of hydrogen-bond acceptors (Lipinski definition) is 3. The molecule has 0 aromatic rings. The minimum atomic E-state index is -0.191. The average Bonchev–Trinajstić information content (AvgIpc) is 2.88. The van der Waals surface area contributed by atoms with Crippen molar-refractivity contribution in [1.29, 1.82) is 0 Å². The van der Waals surface area contributed by atoms with E-state index in [0.29, 0.717) is 13.0 Å². The van der Waals surface area contributed by atoms with E-state index in [4.69, 9.17) is 0 Å². The van der Waals surface area contributed by atoms with Crippen LogP contribution in [0.4, 0.5) is 0 Å². The van der Waals surface area contributed by atoms with Crippen LogP contribution in [0.5, 0.6) is 0 Å². The maximum absolute atomic E-state index is 12.5. The van der Waals surface area contributed by atoms with Gasteiger partial charge in [-0.25, -0.2) is 0 Å². The van der Waals surface area contributed by atoms with Gasteiger partial charge in [0.05, 0.1) is 12.5 Å². The second kappa shape index (κ2) is 6.77. The van der Waals surface area contributed by atoms with E-state index in [1.807, 2.05) is 18.7 Å². The van der Waals surface area contributed by atoms with Gasteiger partial charge in [0.2, 0.25) is 11.8 Å². The molecule has 5 heteroatoms. The molecule has 0 radical (unpaired) electrons. The van der Waals surface area contributed by atoms with E-state index in [-0.39, 0.29) is 35.8 Å². The van der Waals surface area contributed by atoms with Crippen LogP contribution >= 0.6 is 0 Å². The van der Waals surface area contributed by atoms with Gasteiger partial charge in [-0.3, -0.25) is 9.59 Å². The van der Waals surface area contributed by atoms with E-state index in [1.165, 1.54) is 0 Å². The third kappa shape index (κ3) is 3.57. The molecular formula is C16H28N2O3. The first kappa shape index (κ1) is 16.3. The quantitative estimate of drug-likeness (QED) is 0.821. The molecule has 2 aliphatic rings. The van der Waals surface area contributed by atoms with Gasteiger partial charge in [0, 0.05) is 31.0 Å². The van der Waals surface area contributed by atoms with Gasteiger partial charge in [0.1, 0.15) is 0 Å². The lowest BCUT2D eigenvalue weighted by molar-refractivity contribution is -0.136. The molecule has 1 saturated heterocycles. The van der Waals surface area contributed by atoms with Crippen molar-refractivity contribution in [2.24, 2.45) is 11.3 Å². The Morgan fingerprint density at radius 2 is 2.10 bits per heavy atom. The molecule has 1 aliphatic heterocycles. The molecule has 2 N–H and O–H groups in total. The second-order valence-corrected chi connectivity index (χ2v) is 6.80. The van der Waals surface area contributed by atoms with Gasteiger partial charge in [-0.15, -0.1) is 0 Å². The molecule has 3 unspecified atom stereocenters. The highest BCUT2D eigenvalue weighted by atomic mass is 16.3. The monoisotopic (exact) mass is 296 g/mol. The largest absolute Gasteiger partial charge is 0.396 e. The highest BCUT2D eigenvalue weighted by Gasteiger charge is 2.40. The van der Waals surface area contributed by atoms with Gasteiger partial charge in [0.15, 0.2) is 0 Å². The molecule has 0 aromatic heterocycles. The molecule has 1 saturated carbocycles. The molecular weight excluding hydrogens is 268 g/mol. The topological polar surface area (TPSA) is 69.6 Å². The summed E-state index contributed by atoms with van der Waals surface area (Å²) in [4.78, 5) is 26.1. The molecule has 2 rings (SSSR count). The Morgan fingerprint density at radius 3 is 2.76 bits per heavy atom. The van der Waals surface area contributed by atoms with Gasteiger partial charge in [0.25, 0.3) is 0 Å². The molecule has 3 atom stereocenters. The number of nitrogens with zero attached hydrogens (tertiary/aromatic N) is 1. The van der Waals surface area contributed by atoms with Crippen molar-refractivity contribution in [3.8, 4) is 0 Å². The first-order chi connectivity index (χ1) is 10.00.